The monoisotopic (exact) mass is 402 g/mol. The van der Waals surface area contributed by atoms with E-state index in [1.165, 1.54) is 6.20 Å². The molecule has 138 valence electrons. The molecule has 1 amide bonds. The molecule has 0 bridgehead atoms. The molecule has 0 radical (unpaired) electrons. The molecule has 0 spiro atoms. The average Bonchev–Trinajstić information content (AvgIpc) is 2.68. The molecule has 0 aliphatic rings. The highest BCUT2D eigenvalue weighted by Gasteiger charge is 2.45. The van der Waals surface area contributed by atoms with Gasteiger partial charge in [-0.1, -0.05) is 35.3 Å². The molecule has 2 N–H and O–H groups in total. The highest BCUT2D eigenvalue weighted by atomic mass is 35.5. The first-order chi connectivity index (χ1) is 13.0. The largest absolute Gasteiger partial charge is 0.497 e. The van der Waals surface area contributed by atoms with Crippen molar-refractivity contribution in [1.29, 1.82) is 0 Å². The highest BCUT2D eigenvalue weighted by Crippen LogP contribution is 2.35. The van der Waals surface area contributed by atoms with Gasteiger partial charge in [0.1, 0.15) is 11.5 Å². The summed E-state index contributed by atoms with van der Waals surface area (Å²) in [5.74, 6) is 0.347. The second-order valence-corrected chi connectivity index (χ2v) is 6.56. The molecule has 1 aromatic heterocycles. The van der Waals surface area contributed by atoms with E-state index in [2.05, 4.69) is 4.98 Å². The van der Waals surface area contributed by atoms with Gasteiger partial charge < -0.3 is 15.2 Å². The van der Waals surface area contributed by atoms with Crippen molar-refractivity contribution in [3.63, 3.8) is 0 Å². The van der Waals surface area contributed by atoms with Crippen molar-refractivity contribution in [2.75, 3.05) is 7.11 Å². The van der Waals surface area contributed by atoms with Crippen LogP contribution in [0.5, 0.6) is 11.5 Å². The maximum Gasteiger partial charge on any atom is 0.272 e. The first-order valence-electron chi connectivity index (χ1n) is 7.97. The van der Waals surface area contributed by atoms with Crippen molar-refractivity contribution in [2.24, 2.45) is 5.73 Å². The Bertz CT molecular complexity index is 881. The molecule has 0 aliphatic carbocycles. The number of nitrogens with zero attached hydrogens (tertiary/aromatic N) is 1. The van der Waals surface area contributed by atoms with E-state index in [9.17, 15) is 4.79 Å². The van der Waals surface area contributed by atoms with Crippen molar-refractivity contribution in [2.45, 2.75) is 5.60 Å². The normalized spacial score (nSPS) is 12.9. The van der Waals surface area contributed by atoms with Crippen molar-refractivity contribution < 1.29 is 14.3 Å². The van der Waals surface area contributed by atoms with Crippen LogP contribution in [0.3, 0.4) is 0 Å². The molecule has 0 saturated heterocycles. The molecule has 2 aromatic carbocycles. The van der Waals surface area contributed by atoms with Crippen molar-refractivity contribution in [3.05, 3.63) is 88.2 Å². The summed E-state index contributed by atoms with van der Waals surface area (Å²) in [6.45, 7) is 0. The van der Waals surface area contributed by atoms with E-state index >= 15 is 0 Å². The minimum absolute atomic E-state index is 0.303. The molecule has 1 heterocycles. The number of ether oxygens (including phenoxy) is 2. The third kappa shape index (κ3) is 3.84. The van der Waals surface area contributed by atoms with Crippen molar-refractivity contribution in [3.8, 4) is 11.5 Å². The van der Waals surface area contributed by atoms with Gasteiger partial charge in [0.2, 0.25) is 0 Å². The van der Waals surface area contributed by atoms with Gasteiger partial charge in [-0.15, -0.1) is 0 Å². The summed E-state index contributed by atoms with van der Waals surface area (Å²) < 4.78 is 11.3. The fourth-order valence-electron chi connectivity index (χ4n) is 2.67. The molecule has 0 saturated carbocycles. The van der Waals surface area contributed by atoms with Gasteiger partial charge >= 0.3 is 0 Å². The summed E-state index contributed by atoms with van der Waals surface area (Å²) >= 11 is 11.9. The van der Waals surface area contributed by atoms with Crippen LogP contribution in [0.2, 0.25) is 10.0 Å². The van der Waals surface area contributed by atoms with Gasteiger partial charge in [0, 0.05) is 16.8 Å². The number of amides is 1. The second-order valence-electron chi connectivity index (χ2n) is 5.69. The van der Waals surface area contributed by atoms with Crippen LogP contribution in [0, 0.1) is 0 Å². The van der Waals surface area contributed by atoms with Crippen LogP contribution in [0.1, 0.15) is 11.3 Å². The summed E-state index contributed by atoms with van der Waals surface area (Å²) in [4.78, 5) is 17.0. The number of carbonyl (C=O) groups excluding carboxylic acids is 1. The van der Waals surface area contributed by atoms with E-state index in [4.69, 9.17) is 38.4 Å². The molecule has 5 nitrogen and oxygen atoms in total. The summed E-state index contributed by atoms with van der Waals surface area (Å²) in [5.41, 5.74) is 4.95. The minimum atomic E-state index is -1.66. The molecule has 0 aliphatic heterocycles. The quantitative estimate of drug-likeness (QED) is 0.669. The van der Waals surface area contributed by atoms with Gasteiger partial charge in [-0.3, -0.25) is 9.78 Å². The summed E-state index contributed by atoms with van der Waals surface area (Å²) in [6.07, 6.45) is 1.43. The standard InChI is InChI=1S/C20H16Cl2N2O3/c1-26-16-7-9-17(10-8-16)27-20(19(23)25,13-2-4-14(21)5-3-13)18-11-6-15(22)12-24-18/h2-12H,1H3,(H2,23,25). The maximum atomic E-state index is 12.7. The summed E-state index contributed by atoms with van der Waals surface area (Å²) in [6, 6.07) is 16.7. The van der Waals surface area contributed by atoms with E-state index in [-0.39, 0.29) is 0 Å². The average molecular weight is 403 g/mol. The zero-order valence-corrected chi connectivity index (χ0v) is 15.9. The number of carbonyl (C=O) groups is 1. The van der Waals surface area contributed by atoms with Gasteiger partial charge in [-0.05, 0) is 48.5 Å². The van der Waals surface area contributed by atoms with Crippen molar-refractivity contribution >= 4 is 29.1 Å². The van der Waals surface area contributed by atoms with E-state index in [0.717, 1.165) is 0 Å². The number of benzene rings is 2. The molecular formula is C20H16Cl2N2O3. The van der Waals surface area contributed by atoms with E-state index in [0.29, 0.717) is 32.8 Å². The predicted molar refractivity (Wildman–Crippen MR) is 104 cm³/mol. The highest BCUT2D eigenvalue weighted by molar-refractivity contribution is 6.30. The topological polar surface area (TPSA) is 74.4 Å². The van der Waals surface area contributed by atoms with Crippen LogP contribution in [0.4, 0.5) is 0 Å². The first kappa shape index (κ1) is 19.0. The number of primary amides is 1. The molecule has 1 unspecified atom stereocenters. The fourth-order valence-corrected chi connectivity index (χ4v) is 2.90. The predicted octanol–water partition coefficient (Wildman–Crippen LogP) is 4.20. The van der Waals surface area contributed by atoms with Crippen LogP contribution >= 0.6 is 23.2 Å². The number of hydrogen-bond donors (Lipinski definition) is 1. The third-order valence-electron chi connectivity index (χ3n) is 4.02. The van der Waals surface area contributed by atoms with Gasteiger partial charge in [-0.25, -0.2) is 0 Å². The Morgan fingerprint density at radius 2 is 1.52 bits per heavy atom. The molecule has 0 fully saturated rings. The Morgan fingerprint density at radius 1 is 0.926 bits per heavy atom. The van der Waals surface area contributed by atoms with E-state index in [1.807, 2.05) is 0 Å². The number of rotatable bonds is 6. The number of hydrogen-bond acceptors (Lipinski definition) is 4. The Labute approximate surface area is 166 Å². The minimum Gasteiger partial charge on any atom is -0.497 e. The smallest absolute Gasteiger partial charge is 0.272 e. The Balaban J connectivity index is 2.17. The molecular weight excluding hydrogens is 387 g/mol. The van der Waals surface area contributed by atoms with Crippen molar-refractivity contribution in [1.82, 2.24) is 4.98 Å². The molecule has 3 rings (SSSR count). The number of halogens is 2. The van der Waals surface area contributed by atoms with Gasteiger partial charge in [0.05, 0.1) is 17.8 Å². The van der Waals surface area contributed by atoms with E-state index < -0.39 is 11.5 Å². The lowest BCUT2D eigenvalue weighted by molar-refractivity contribution is -0.131. The van der Waals surface area contributed by atoms with Crippen LogP contribution in [0.15, 0.2) is 66.9 Å². The van der Waals surface area contributed by atoms with Gasteiger partial charge in [0.25, 0.3) is 11.5 Å². The lowest BCUT2D eigenvalue weighted by Crippen LogP contribution is -2.47. The summed E-state index contributed by atoms with van der Waals surface area (Å²) in [7, 11) is 1.56. The molecule has 1 atom stereocenters. The zero-order chi connectivity index (χ0) is 19.4. The summed E-state index contributed by atoms with van der Waals surface area (Å²) in [5, 5.41) is 0.948. The lowest BCUT2D eigenvalue weighted by atomic mass is 9.88. The molecule has 27 heavy (non-hydrogen) atoms. The van der Waals surface area contributed by atoms with Gasteiger partial charge in [0.15, 0.2) is 0 Å². The maximum absolute atomic E-state index is 12.7. The Kier molecular flexibility index (Phi) is 5.54. The Morgan fingerprint density at radius 3 is 2.04 bits per heavy atom. The fraction of sp³-hybridized carbons (Fsp3) is 0.100. The van der Waals surface area contributed by atoms with Crippen LogP contribution < -0.4 is 15.2 Å². The third-order valence-corrected chi connectivity index (χ3v) is 4.49. The van der Waals surface area contributed by atoms with Crippen LogP contribution in [-0.2, 0) is 10.4 Å². The number of aromatic nitrogens is 1. The van der Waals surface area contributed by atoms with Crippen LogP contribution in [0.25, 0.3) is 0 Å². The number of pyridine rings is 1. The Hall–Kier alpha value is -2.76. The molecule has 7 heteroatoms. The molecule has 3 aromatic rings. The van der Waals surface area contributed by atoms with E-state index in [1.54, 1.807) is 67.8 Å². The zero-order valence-electron chi connectivity index (χ0n) is 14.4. The van der Waals surface area contributed by atoms with Crippen LogP contribution in [-0.4, -0.2) is 18.0 Å². The number of nitrogens with two attached hydrogens (primary N) is 1. The second kappa shape index (κ2) is 7.86. The van der Waals surface area contributed by atoms with Gasteiger partial charge in [-0.2, -0.15) is 0 Å². The number of methoxy groups -OCH3 is 1. The SMILES string of the molecule is COc1ccc(OC(C(N)=O)(c2ccc(Cl)cc2)c2ccc(Cl)cn2)cc1. The first-order valence-corrected chi connectivity index (χ1v) is 8.72. The lowest BCUT2D eigenvalue weighted by Gasteiger charge is -2.31.